The van der Waals surface area contributed by atoms with Crippen molar-refractivity contribution in [3.8, 4) is 0 Å². The van der Waals surface area contributed by atoms with E-state index in [0.717, 1.165) is 19.5 Å². The zero-order valence-corrected chi connectivity index (χ0v) is 10.9. The number of aromatic nitrogens is 4. The average molecular weight is 267 g/mol. The van der Waals surface area contributed by atoms with Crippen LogP contribution in [-0.2, 0) is 6.54 Å². The quantitative estimate of drug-likeness (QED) is 0.636. The first-order valence-corrected chi connectivity index (χ1v) is 6.05. The predicted molar refractivity (Wildman–Crippen MR) is 71.5 cm³/mol. The number of hydrogen-bond acceptors (Lipinski definition) is 5. The summed E-state index contributed by atoms with van der Waals surface area (Å²) in [6.07, 6.45) is 4.61. The molecule has 0 atom stereocenters. The van der Waals surface area contributed by atoms with E-state index >= 15 is 0 Å². The van der Waals surface area contributed by atoms with Crippen LogP contribution in [0, 0.1) is 6.92 Å². The fourth-order valence-corrected chi connectivity index (χ4v) is 1.77. The molecule has 0 fully saturated rings. The smallest absolute Gasteiger partial charge is 0.224 e. The van der Waals surface area contributed by atoms with E-state index in [1.807, 2.05) is 16.9 Å². The van der Waals surface area contributed by atoms with Crippen molar-refractivity contribution in [3.05, 3.63) is 29.4 Å². The monoisotopic (exact) mass is 266 g/mol. The summed E-state index contributed by atoms with van der Waals surface area (Å²) in [6.45, 7) is 3.40. The minimum atomic E-state index is 0.205. The van der Waals surface area contributed by atoms with Gasteiger partial charge < -0.3 is 11.1 Å². The van der Waals surface area contributed by atoms with E-state index in [2.05, 4.69) is 20.4 Å². The molecular formula is C11H15ClN6. The van der Waals surface area contributed by atoms with Gasteiger partial charge in [0.2, 0.25) is 5.28 Å². The minimum Gasteiger partial charge on any atom is -0.394 e. The lowest BCUT2D eigenvalue weighted by Gasteiger charge is -2.10. The Morgan fingerprint density at radius 2 is 2.28 bits per heavy atom. The standard InChI is InChI=1S/C11H15ClN6/c1-8-9(13)10(17-11(12)16-8)14-4-2-6-18-7-3-5-15-18/h3,5,7H,2,4,6,13H2,1H3,(H,14,16,17). The van der Waals surface area contributed by atoms with Gasteiger partial charge in [-0.2, -0.15) is 10.1 Å². The van der Waals surface area contributed by atoms with Gasteiger partial charge in [-0.1, -0.05) is 0 Å². The molecule has 7 heteroatoms. The summed E-state index contributed by atoms with van der Waals surface area (Å²) in [5, 5.41) is 7.48. The molecule has 0 aliphatic heterocycles. The Morgan fingerprint density at radius 1 is 1.44 bits per heavy atom. The van der Waals surface area contributed by atoms with Gasteiger partial charge in [0.15, 0.2) is 5.82 Å². The summed E-state index contributed by atoms with van der Waals surface area (Å²) in [4.78, 5) is 8.04. The lowest BCUT2D eigenvalue weighted by atomic mass is 10.3. The normalized spacial score (nSPS) is 10.6. The van der Waals surface area contributed by atoms with Crippen molar-refractivity contribution < 1.29 is 0 Å². The molecule has 0 aliphatic rings. The third kappa shape index (κ3) is 3.10. The van der Waals surface area contributed by atoms with Gasteiger partial charge in [-0.15, -0.1) is 0 Å². The van der Waals surface area contributed by atoms with Gasteiger partial charge >= 0.3 is 0 Å². The highest BCUT2D eigenvalue weighted by atomic mass is 35.5. The first-order valence-electron chi connectivity index (χ1n) is 5.67. The van der Waals surface area contributed by atoms with Gasteiger partial charge in [0.25, 0.3) is 0 Å². The molecule has 0 amide bonds. The maximum Gasteiger partial charge on any atom is 0.224 e. The van der Waals surface area contributed by atoms with Gasteiger partial charge in [-0.3, -0.25) is 4.68 Å². The molecule has 2 rings (SSSR count). The summed E-state index contributed by atoms with van der Waals surface area (Å²) >= 11 is 5.78. The van der Waals surface area contributed by atoms with Crippen molar-refractivity contribution in [3.63, 3.8) is 0 Å². The molecule has 0 bridgehead atoms. The molecule has 2 heterocycles. The number of nitrogen functional groups attached to an aromatic ring is 1. The number of nitrogens with one attached hydrogen (secondary N) is 1. The molecule has 0 unspecified atom stereocenters. The van der Waals surface area contributed by atoms with Crippen LogP contribution in [0.5, 0.6) is 0 Å². The van der Waals surface area contributed by atoms with Crippen LogP contribution in [0.25, 0.3) is 0 Å². The Labute approximate surface area is 110 Å². The molecular weight excluding hydrogens is 252 g/mol. The second-order valence-corrected chi connectivity index (χ2v) is 4.23. The van der Waals surface area contributed by atoms with Crippen molar-refractivity contribution in [1.29, 1.82) is 0 Å². The lowest BCUT2D eigenvalue weighted by Crippen LogP contribution is -2.11. The molecule has 18 heavy (non-hydrogen) atoms. The zero-order valence-electron chi connectivity index (χ0n) is 10.1. The van der Waals surface area contributed by atoms with E-state index in [0.29, 0.717) is 17.2 Å². The molecule has 0 spiro atoms. The zero-order chi connectivity index (χ0) is 13.0. The van der Waals surface area contributed by atoms with Crippen LogP contribution < -0.4 is 11.1 Å². The topological polar surface area (TPSA) is 81.7 Å². The summed E-state index contributed by atoms with van der Waals surface area (Å²) in [6, 6.07) is 1.90. The fraction of sp³-hybridized carbons (Fsp3) is 0.364. The maximum atomic E-state index is 5.86. The van der Waals surface area contributed by atoms with Gasteiger partial charge in [-0.05, 0) is 31.0 Å². The van der Waals surface area contributed by atoms with Crippen molar-refractivity contribution in [2.75, 3.05) is 17.6 Å². The van der Waals surface area contributed by atoms with Crippen LogP contribution in [0.1, 0.15) is 12.1 Å². The highest BCUT2D eigenvalue weighted by Gasteiger charge is 2.06. The van der Waals surface area contributed by atoms with Gasteiger partial charge in [0.05, 0.1) is 11.4 Å². The van der Waals surface area contributed by atoms with Crippen LogP contribution in [0.2, 0.25) is 5.28 Å². The van der Waals surface area contributed by atoms with Crippen LogP contribution in [0.15, 0.2) is 18.5 Å². The second kappa shape index (κ2) is 5.68. The predicted octanol–water partition coefficient (Wildman–Crippen LogP) is 1.72. The molecule has 0 saturated carbocycles. The second-order valence-electron chi connectivity index (χ2n) is 3.89. The highest BCUT2D eigenvalue weighted by Crippen LogP contribution is 2.20. The SMILES string of the molecule is Cc1nc(Cl)nc(NCCCn2cccn2)c1N. The van der Waals surface area contributed by atoms with Gasteiger partial charge in [0, 0.05) is 25.5 Å². The first kappa shape index (κ1) is 12.6. The molecule has 2 aromatic rings. The number of nitrogens with two attached hydrogens (primary N) is 1. The number of aryl methyl sites for hydroxylation is 2. The molecule has 2 aromatic heterocycles. The Balaban J connectivity index is 1.86. The lowest BCUT2D eigenvalue weighted by molar-refractivity contribution is 0.591. The maximum absolute atomic E-state index is 5.86. The van der Waals surface area contributed by atoms with Crippen molar-refractivity contribution in [1.82, 2.24) is 19.7 Å². The molecule has 3 N–H and O–H groups in total. The molecule has 0 aliphatic carbocycles. The van der Waals surface area contributed by atoms with E-state index in [4.69, 9.17) is 17.3 Å². The van der Waals surface area contributed by atoms with Gasteiger partial charge in [-0.25, -0.2) is 4.98 Å². The van der Waals surface area contributed by atoms with E-state index in [1.54, 1.807) is 13.1 Å². The summed E-state index contributed by atoms with van der Waals surface area (Å²) in [7, 11) is 0. The Morgan fingerprint density at radius 3 is 3.00 bits per heavy atom. The number of hydrogen-bond donors (Lipinski definition) is 2. The van der Waals surface area contributed by atoms with E-state index in [-0.39, 0.29) is 5.28 Å². The number of nitrogens with zero attached hydrogens (tertiary/aromatic N) is 4. The van der Waals surface area contributed by atoms with Crippen molar-refractivity contribution >= 4 is 23.1 Å². The van der Waals surface area contributed by atoms with Crippen LogP contribution in [-0.4, -0.2) is 26.3 Å². The van der Waals surface area contributed by atoms with Gasteiger partial charge in [0.1, 0.15) is 0 Å². The molecule has 96 valence electrons. The Kier molecular flexibility index (Phi) is 3.99. The third-order valence-corrected chi connectivity index (χ3v) is 2.69. The summed E-state index contributed by atoms with van der Waals surface area (Å²) in [5.41, 5.74) is 7.09. The highest BCUT2D eigenvalue weighted by molar-refractivity contribution is 6.28. The van der Waals surface area contributed by atoms with E-state index in [9.17, 15) is 0 Å². The van der Waals surface area contributed by atoms with Crippen LogP contribution in [0.4, 0.5) is 11.5 Å². The summed E-state index contributed by atoms with van der Waals surface area (Å²) in [5.74, 6) is 0.591. The summed E-state index contributed by atoms with van der Waals surface area (Å²) < 4.78 is 1.88. The van der Waals surface area contributed by atoms with Crippen molar-refractivity contribution in [2.24, 2.45) is 0 Å². The molecule has 6 nitrogen and oxygen atoms in total. The molecule has 0 saturated heterocycles. The Bertz CT molecular complexity index is 511. The number of halogens is 1. The largest absolute Gasteiger partial charge is 0.394 e. The molecule has 0 radical (unpaired) electrons. The number of anilines is 2. The van der Waals surface area contributed by atoms with E-state index < -0.39 is 0 Å². The van der Waals surface area contributed by atoms with E-state index in [1.165, 1.54) is 0 Å². The van der Waals surface area contributed by atoms with Crippen LogP contribution >= 0.6 is 11.6 Å². The van der Waals surface area contributed by atoms with Crippen LogP contribution in [0.3, 0.4) is 0 Å². The van der Waals surface area contributed by atoms with Crippen molar-refractivity contribution in [2.45, 2.75) is 19.9 Å². The minimum absolute atomic E-state index is 0.205. The fourth-order valence-electron chi connectivity index (χ4n) is 1.56. The average Bonchev–Trinajstić information content (AvgIpc) is 2.83. The molecule has 0 aromatic carbocycles. The number of rotatable bonds is 5. The Hall–Kier alpha value is -1.82. The first-order chi connectivity index (χ1) is 8.66. The third-order valence-electron chi connectivity index (χ3n) is 2.52.